The molecule has 0 aromatic heterocycles. The van der Waals surface area contributed by atoms with Crippen LogP contribution >= 0.6 is 23.2 Å². The molecule has 0 saturated heterocycles. The van der Waals surface area contributed by atoms with E-state index in [1.807, 2.05) is 0 Å². The van der Waals surface area contributed by atoms with Gasteiger partial charge >= 0.3 is 0 Å². The Bertz CT molecular complexity index is 153. The Hall–Kier alpha value is 0.580. The van der Waals surface area contributed by atoms with Crippen molar-refractivity contribution in [1.82, 2.24) is 0 Å². The van der Waals surface area contributed by atoms with E-state index >= 15 is 0 Å². The van der Waals surface area contributed by atoms with Gasteiger partial charge in [-0.2, -0.15) is 0 Å². The molecule has 0 aromatic rings. The molecule has 3 unspecified atom stereocenters. The lowest BCUT2D eigenvalue weighted by Gasteiger charge is -2.46. The maximum atomic E-state index is 6.39. The molecule has 2 heteroatoms. The molecule has 1 fully saturated rings. The van der Waals surface area contributed by atoms with Gasteiger partial charge in [-0.3, -0.25) is 0 Å². The first-order valence-corrected chi connectivity index (χ1v) is 5.41. The Morgan fingerprint density at radius 1 is 0.917 bits per heavy atom. The molecule has 1 aliphatic rings. The first-order chi connectivity index (χ1) is 5.27. The summed E-state index contributed by atoms with van der Waals surface area (Å²) in [4.78, 5) is -0.0956. The molecule has 0 aliphatic heterocycles. The fraction of sp³-hybridized carbons (Fsp3) is 1.00. The standard InChI is InChI=1S/C10H18Cl2/c1-7-8(2)10(4,12)6-5-9(7,3)11/h7-8H,5-6H2,1-4H3/t7-,8?,9?,10?/m0/s1. The first kappa shape index (κ1) is 10.7. The minimum absolute atomic E-state index is 0.0478. The molecule has 1 rings (SSSR count). The lowest BCUT2D eigenvalue weighted by molar-refractivity contribution is 0.174. The molecule has 0 spiro atoms. The number of alkyl halides is 2. The average Bonchev–Trinajstić information content (AvgIpc) is 1.96. The normalized spacial score (nSPS) is 55.5. The quantitative estimate of drug-likeness (QED) is 0.528. The van der Waals surface area contributed by atoms with Crippen LogP contribution in [0.15, 0.2) is 0 Å². The number of halogens is 2. The van der Waals surface area contributed by atoms with E-state index in [2.05, 4.69) is 27.7 Å². The van der Waals surface area contributed by atoms with Gasteiger partial charge < -0.3 is 0 Å². The summed E-state index contributed by atoms with van der Waals surface area (Å²) >= 11 is 12.8. The van der Waals surface area contributed by atoms with Crippen LogP contribution in [-0.4, -0.2) is 9.75 Å². The average molecular weight is 209 g/mol. The van der Waals surface area contributed by atoms with Gasteiger partial charge in [0.15, 0.2) is 0 Å². The SMILES string of the molecule is CC1[C@H](C)C(C)(Cl)CCC1(C)Cl. The van der Waals surface area contributed by atoms with E-state index in [1.54, 1.807) is 0 Å². The predicted octanol–water partition coefficient (Wildman–Crippen LogP) is 4.05. The maximum absolute atomic E-state index is 6.39. The van der Waals surface area contributed by atoms with Crippen LogP contribution in [0, 0.1) is 11.8 Å². The maximum Gasteiger partial charge on any atom is 0.0448 e. The highest BCUT2D eigenvalue weighted by Crippen LogP contribution is 2.49. The molecule has 0 N–H and O–H groups in total. The molecular formula is C10H18Cl2. The smallest absolute Gasteiger partial charge is 0.0448 e. The van der Waals surface area contributed by atoms with Crippen molar-refractivity contribution in [3.05, 3.63) is 0 Å². The molecule has 4 atom stereocenters. The minimum Gasteiger partial charge on any atom is -0.119 e. The molecule has 12 heavy (non-hydrogen) atoms. The van der Waals surface area contributed by atoms with Crippen molar-refractivity contribution in [3.8, 4) is 0 Å². The molecule has 0 radical (unpaired) electrons. The second kappa shape index (κ2) is 3.06. The summed E-state index contributed by atoms with van der Waals surface area (Å²) in [5.74, 6) is 0.992. The van der Waals surface area contributed by atoms with Gasteiger partial charge in [0.05, 0.1) is 0 Å². The Morgan fingerprint density at radius 3 is 1.42 bits per heavy atom. The summed E-state index contributed by atoms with van der Waals surface area (Å²) in [5.41, 5.74) is 0. The second-order valence-electron chi connectivity index (χ2n) is 4.63. The summed E-state index contributed by atoms with van der Waals surface area (Å²) in [6, 6.07) is 0. The Kier molecular flexibility index (Phi) is 2.72. The Labute approximate surface area is 85.6 Å². The van der Waals surface area contributed by atoms with Gasteiger partial charge in [-0.05, 0) is 38.5 Å². The molecule has 1 saturated carbocycles. The topological polar surface area (TPSA) is 0 Å². The van der Waals surface area contributed by atoms with Gasteiger partial charge in [0.2, 0.25) is 0 Å². The lowest BCUT2D eigenvalue weighted by Crippen LogP contribution is -2.46. The third kappa shape index (κ3) is 1.75. The summed E-state index contributed by atoms with van der Waals surface area (Å²) in [6.07, 6.45) is 2.06. The van der Waals surface area contributed by atoms with Crippen LogP contribution in [0.3, 0.4) is 0 Å². The zero-order chi connectivity index (χ0) is 9.57. The van der Waals surface area contributed by atoms with Gasteiger partial charge in [-0.25, -0.2) is 0 Å². The van der Waals surface area contributed by atoms with Crippen LogP contribution in [0.25, 0.3) is 0 Å². The number of hydrogen-bond donors (Lipinski definition) is 0. The predicted molar refractivity (Wildman–Crippen MR) is 56.1 cm³/mol. The molecular weight excluding hydrogens is 191 g/mol. The van der Waals surface area contributed by atoms with E-state index in [4.69, 9.17) is 23.2 Å². The molecule has 0 heterocycles. The molecule has 0 nitrogen and oxygen atoms in total. The van der Waals surface area contributed by atoms with Gasteiger partial charge in [0.25, 0.3) is 0 Å². The Morgan fingerprint density at radius 2 is 1.17 bits per heavy atom. The molecule has 72 valence electrons. The van der Waals surface area contributed by atoms with E-state index in [9.17, 15) is 0 Å². The van der Waals surface area contributed by atoms with Crippen molar-refractivity contribution in [2.24, 2.45) is 11.8 Å². The fourth-order valence-corrected chi connectivity index (χ4v) is 2.55. The summed E-state index contributed by atoms with van der Waals surface area (Å²) < 4.78 is 0. The van der Waals surface area contributed by atoms with E-state index in [1.165, 1.54) is 0 Å². The van der Waals surface area contributed by atoms with Gasteiger partial charge in [-0.1, -0.05) is 13.8 Å². The van der Waals surface area contributed by atoms with Crippen molar-refractivity contribution >= 4 is 23.2 Å². The summed E-state index contributed by atoms with van der Waals surface area (Å²) in [5, 5.41) is 0. The van der Waals surface area contributed by atoms with Crippen LogP contribution in [0.2, 0.25) is 0 Å². The van der Waals surface area contributed by atoms with E-state index < -0.39 is 0 Å². The van der Waals surface area contributed by atoms with Gasteiger partial charge in [0.1, 0.15) is 0 Å². The van der Waals surface area contributed by atoms with Crippen LogP contribution in [-0.2, 0) is 0 Å². The van der Waals surface area contributed by atoms with Crippen molar-refractivity contribution < 1.29 is 0 Å². The highest BCUT2D eigenvalue weighted by Gasteiger charge is 2.45. The zero-order valence-corrected chi connectivity index (χ0v) is 9.84. The van der Waals surface area contributed by atoms with E-state index in [-0.39, 0.29) is 9.75 Å². The first-order valence-electron chi connectivity index (χ1n) is 4.65. The fourth-order valence-electron chi connectivity index (χ4n) is 1.99. The third-order valence-corrected chi connectivity index (χ3v) is 4.82. The second-order valence-corrected chi connectivity index (χ2v) is 6.36. The third-order valence-electron chi connectivity index (χ3n) is 3.75. The number of hydrogen-bond acceptors (Lipinski definition) is 0. The van der Waals surface area contributed by atoms with Crippen LogP contribution in [0.5, 0.6) is 0 Å². The minimum atomic E-state index is -0.0478. The van der Waals surface area contributed by atoms with Crippen LogP contribution in [0.4, 0.5) is 0 Å². The largest absolute Gasteiger partial charge is 0.119 e. The molecule has 0 bridgehead atoms. The summed E-state index contributed by atoms with van der Waals surface area (Å²) in [6.45, 7) is 8.67. The molecule has 0 amide bonds. The van der Waals surface area contributed by atoms with Crippen LogP contribution in [0.1, 0.15) is 40.5 Å². The van der Waals surface area contributed by atoms with E-state index in [0.29, 0.717) is 11.8 Å². The van der Waals surface area contributed by atoms with Crippen molar-refractivity contribution in [1.29, 1.82) is 0 Å². The highest BCUT2D eigenvalue weighted by molar-refractivity contribution is 6.26. The lowest BCUT2D eigenvalue weighted by atomic mass is 9.68. The van der Waals surface area contributed by atoms with Crippen molar-refractivity contribution in [3.63, 3.8) is 0 Å². The zero-order valence-electron chi connectivity index (χ0n) is 8.32. The summed E-state index contributed by atoms with van der Waals surface area (Å²) in [7, 11) is 0. The van der Waals surface area contributed by atoms with Crippen LogP contribution < -0.4 is 0 Å². The number of rotatable bonds is 0. The molecule has 1 aliphatic carbocycles. The van der Waals surface area contributed by atoms with Crippen molar-refractivity contribution in [2.45, 2.75) is 50.3 Å². The van der Waals surface area contributed by atoms with E-state index in [0.717, 1.165) is 12.8 Å². The highest BCUT2D eigenvalue weighted by atomic mass is 35.5. The van der Waals surface area contributed by atoms with Gasteiger partial charge in [-0.15, -0.1) is 23.2 Å². The Balaban J connectivity index is 2.80. The monoisotopic (exact) mass is 208 g/mol. The molecule has 0 aromatic carbocycles. The van der Waals surface area contributed by atoms with Crippen molar-refractivity contribution in [2.75, 3.05) is 0 Å². The van der Waals surface area contributed by atoms with Gasteiger partial charge in [0, 0.05) is 9.75 Å².